The van der Waals surface area contributed by atoms with Crippen LogP contribution in [0.2, 0.25) is 0 Å². The lowest BCUT2D eigenvalue weighted by Crippen LogP contribution is -2.74. The van der Waals surface area contributed by atoms with E-state index < -0.39 is 8.07 Å². The molecule has 1 heterocycles. The van der Waals surface area contributed by atoms with Crippen LogP contribution in [0.1, 0.15) is 5.56 Å². The van der Waals surface area contributed by atoms with Crippen LogP contribution in [-0.2, 0) is 0 Å². The minimum atomic E-state index is -2.77. The Bertz CT molecular complexity index is 2850. The highest BCUT2D eigenvalue weighted by Crippen LogP contribution is 2.42. The quantitative estimate of drug-likeness (QED) is 0.112. The van der Waals surface area contributed by atoms with Crippen molar-refractivity contribution in [1.29, 1.82) is 0 Å². The first-order valence-corrected chi connectivity index (χ1v) is 21.4. The van der Waals surface area contributed by atoms with Gasteiger partial charge in [-0.2, -0.15) is 0 Å². The second-order valence-electron chi connectivity index (χ2n) is 14.6. The fourth-order valence-corrected chi connectivity index (χ4v) is 13.6. The molecule has 0 N–H and O–H groups in total. The lowest BCUT2D eigenvalue weighted by molar-refractivity contribution is 1.18. The molecule has 0 radical (unpaired) electrons. The number of anilines is 3. The van der Waals surface area contributed by atoms with Gasteiger partial charge in [0.15, 0.2) is 8.07 Å². The van der Waals surface area contributed by atoms with E-state index in [4.69, 9.17) is 0 Å². The third-order valence-electron chi connectivity index (χ3n) is 11.4. The number of para-hydroxylation sites is 1. The van der Waals surface area contributed by atoms with Gasteiger partial charge in [0.25, 0.3) is 0 Å². The first-order valence-electron chi connectivity index (χ1n) is 19.4. The van der Waals surface area contributed by atoms with Gasteiger partial charge in [-0.3, -0.25) is 0 Å². The molecule has 266 valence electrons. The van der Waals surface area contributed by atoms with E-state index in [1.54, 1.807) is 0 Å². The standard InChI is InChI=1S/C53H40N2Si/c1-39-29-31-42(32-30-39)54(51-28-16-18-40-17-14-15-27-48(40)51)43-33-35-52-49(37-43)50-38-47(34-36-53(50)55(52)41-19-6-2-7-20-41)56(44-21-8-3-9-22-44,45-23-10-4-11-24-45)46-25-12-5-13-26-46/h2-38H,1H3. The molecule has 0 aliphatic carbocycles. The Balaban J connectivity index is 1.29. The van der Waals surface area contributed by atoms with Crippen molar-refractivity contribution in [1.82, 2.24) is 4.57 Å². The largest absolute Gasteiger partial charge is 0.310 e. The van der Waals surface area contributed by atoms with Crippen LogP contribution in [0.25, 0.3) is 38.3 Å². The number of rotatable bonds is 8. The van der Waals surface area contributed by atoms with Crippen LogP contribution in [0.3, 0.4) is 0 Å². The van der Waals surface area contributed by atoms with Crippen molar-refractivity contribution in [2.45, 2.75) is 6.92 Å². The van der Waals surface area contributed by atoms with Crippen molar-refractivity contribution in [2.24, 2.45) is 0 Å². The minimum absolute atomic E-state index is 1.12. The average molecular weight is 733 g/mol. The molecule has 0 aliphatic heterocycles. The Morgan fingerprint density at radius 3 is 1.50 bits per heavy atom. The van der Waals surface area contributed by atoms with E-state index in [2.05, 4.69) is 241 Å². The second-order valence-corrected chi connectivity index (χ2v) is 18.4. The zero-order chi connectivity index (χ0) is 37.5. The molecule has 3 heteroatoms. The molecule has 0 amide bonds. The lowest BCUT2D eigenvalue weighted by Gasteiger charge is -2.34. The van der Waals surface area contributed by atoms with Crippen LogP contribution < -0.4 is 25.6 Å². The summed E-state index contributed by atoms with van der Waals surface area (Å²) < 4.78 is 2.43. The number of nitrogens with zero attached hydrogens (tertiary/aromatic N) is 2. The topological polar surface area (TPSA) is 8.17 Å². The molecule has 0 spiro atoms. The summed E-state index contributed by atoms with van der Waals surface area (Å²) in [5.41, 5.74) is 8.16. The summed E-state index contributed by atoms with van der Waals surface area (Å²) in [5, 5.41) is 10.4. The van der Waals surface area contributed by atoms with Gasteiger partial charge >= 0.3 is 0 Å². The molecular weight excluding hydrogens is 693 g/mol. The fraction of sp³-hybridized carbons (Fsp3) is 0.0189. The Kier molecular flexibility index (Phi) is 8.43. The molecule has 10 aromatic rings. The maximum Gasteiger partial charge on any atom is 0.179 e. The van der Waals surface area contributed by atoms with Crippen molar-refractivity contribution in [3.63, 3.8) is 0 Å². The van der Waals surface area contributed by atoms with Gasteiger partial charge in [0.05, 0.1) is 16.7 Å². The zero-order valence-corrected chi connectivity index (χ0v) is 32.3. The van der Waals surface area contributed by atoms with Crippen LogP contribution in [0.15, 0.2) is 224 Å². The number of hydrogen-bond acceptors (Lipinski definition) is 1. The molecule has 0 fully saturated rings. The van der Waals surface area contributed by atoms with Crippen molar-refractivity contribution < 1.29 is 0 Å². The highest BCUT2D eigenvalue weighted by molar-refractivity contribution is 7.20. The summed E-state index contributed by atoms with van der Waals surface area (Å²) in [4.78, 5) is 2.42. The third-order valence-corrected chi connectivity index (χ3v) is 16.1. The normalized spacial score (nSPS) is 11.7. The van der Waals surface area contributed by atoms with Gasteiger partial charge in [0.2, 0.25) is 0 Å². The monoisotopic (exact) mass is 732 g/mol. The fourth-order valence-electron chi connectivity index (χ4n) is 8.83. The predicted octanol–water partition coefficient (Wildman–Crippen LogP) is 11.1. The van der Waals surface area contributed by atoms with Crippen LogP contribution in [0.5, 0.6) is 0 Å². The van der Waals surface area contributed by atoms with E-state index in [0.717, 1.165) is 22.7 Å². The summed E-state index contributed by atoms with van der Waals surface area (Å²) in [7, 11) is -2.77. The number of fused-ring (bicyclic) bond motifs is 4. The molecular formula is C53H40N2Si. The summed E-state index contributed by atoms with van der Waals surface area (Å²) in [5.74, 6) is 0. The van der Waals surface area contributed by atoms with Crippen molar-refractivity contribution in [2.75, 3.05) is 4.90 Å². The van der Waals surface area contributed by atoms with Crippen LogP contribution in [-0.4, -0.2) is 12.6 Å². The van der Waals surface area contributed by atoms with Gasteiger partial charge < -0.3 is 9.47 Å². The Morgan fingerprint density at radius 2 is 0.875 bits per heavy atom. The van der Waals surface area contributed by atoms with Gasteiger partial charge in [-0.05, 0) is 87.7 Å². The van der Waals surface area contributed by atoms with E-state index in [-0.39, 0.29) is 0 Å². The summed E-state index contributed by atoms with van der Waals surface area (Å²) >= 11 is 0. The van der Waals surface area contributed by atoms with Gasteiger partial charge in [0.1, 0.15) is 0 Å². The summed E-state index contributed by atoms with van der Waals surface area (Å²) in [6.45, 7) is 2.15. The van der Waals surface area contributed by atoms with E-state index >= 15 is 0 Å². The van der Waals surface area contributed by atoms with Gasteiger partial charge in [-0.25, -0.2) is 0 Å². The zero-order valence-electron chi connectivity index (χ0n) is 31.3. The molecule has 10 rings (SSSR count). The molecule has 0 atom stereocenters. The molecule has 0 saturated carbocycles. The molecule has 0 unspecified atom stereocenters. The molecule has 9 aromatic carbocycles. The molecule has 0 saturated heterocycles. The highest BCUT2D eigenvalue weighted by atomic mass is 28.3. The third kappa shape index (κ3) is 5.55. The molecule has 56 heavy (non-hydrogen) atoms. The van der Waals surface area contributed by atoms with Gasteiger partial charge in [0, 0.05) is 33.2 Å². The molecule has 0 aliphatic rings. The van der Waals surface area contributed by atoms with E-state index in [1.807, 2.05) is 0 Å². The molecule has 1 aromatic heterocycles. The van der Waals surface area contributed by atoms with Crippen LogP contribution in [0, 0.1) is 6.92 Å². The minimum Gasteiger partial charge on any atom is -0.310 e. The Hall–Kier alpha value is -6.94. The van der Waals surface area contributed by atoms with Gasteiger partial charge in [-0.1, -0.05) is 175 Å². The number of benzene rings is 9. The first kappa shape index (κ1) is 33.6. The Morgan fingerprint density at radius 1 is 0.375 bits per heavy atom. The molecule has 2 nitrogen and oxygen atoms in total. The number of hydrogen-bond donors (Lipinski definition) is 0. The number of aromatic nitrogens is 1. The van der Waals surface area contributed by atoms with E-state index in [1.165, 1.54) is 58.9 Å². The smallest absolute Gasteiger partial charge is 0.179 e. The van der Waals surface area contributed by atoms with Crippen LogP contribution in [0.4, 0.5) is 17.1 Å². The average Bonchev–Trinajstić information content (AvgIpc) is 3.59. The maximum absolute atomic E-state index is 2.77. The molecule has 0 bridgehead atoms. The first-order chi connectivity index (χ1) is 27.7. The second kappa shape index (κ2) is 14.0. The summed E-state index contributed by atoms with van der Waals surface area (Å²) in [6, 6.07) is 82.9. The Labute approximate surface area is 329 Å². The van der Waals surface area contributed by atoms with Crippen molar-refractivity contribution in [3.05, 3.63) is 230 Å². The van der Waals surface area contributed by atoms with Crippen molar-refractivity contribution in [3.8, 4) is 5.69 Å². The lowest BCUT2D eigenvalue weighted by atomic mass is 10.1. The maximum atomic E-state index is 2.52. The van der Waals surface area contributed by atoms with Crippen molar-refractivity contribution >= 4 is 78.5 Å². The summed E-state index contributed by atoms with van der Waals surface area (Å²) in [6.07, 6.45) is 0. The van der Waals surface area contributed by atoms with Gasteiger partial charge in [-0.15, -0.1) is 0 Å². The highest BCUT2D eigenvalue weighted by Gasteiger charge is 2.41. The number of aryl methyl sites for hydroxylation is 1. The van der Waals surface area contributed by atoms with E-state index in [9.17, 15) is 0 Å². The van der Waals surface area contributed by atoms with Crippen LogP contribution >= 0.6 is 0 Å². The SMILES string of the molecule is Cc1ccc(N(c2ccc3c(c2)c2cc([Si](c4ccccc4)(c4ccccc4)c4ccccc4)ccc2n3-c2ccccc2)c2cccc3ccccc23)cc1. The predicted molar refractivity (Wildman–Crippen MR) is 241 cm³/mol. The van der Waals surface area contributed by atoms with E-state index in [0.29, 0.717) is 0 Å².